The van der Waals surface area contributed by atoms with Crippen LogP contribution in [0, 0.1) is 0 Å². The van der Waals surface area contributed by atoms with Crippen LogP contribution in [-0.2, 0) is 6.54 Å². The number of nitrogens with zero attached hydrogens (tertiary/aromatic N) is 1. The number of aromatic hydroxyl groups is 1. The molecular weight excluding hydrogens is 504 g/mol. The van der Waals surface area contributed by atoms with Gasteiger partial charge in [0, 0.05) is 31.1 Å². The maximum Gasteiger partial charge on any atom is 0.248 e. The molecule has 0 atom stereocenters. The van der Waals surface area contributed by atoms with Crippen LogP contribution in [0.25, 0.3) is 0 Å². The number of rotatable bonds is 14. The molecule has 0 saturated heterocycles. The molecule has 4 aromatic rings. The molecule has 208 valence electrons. The van der Waals surface area contributed by atoms with Crippen LogP contribution in [0.1, 0.15) is 39.4 Å². The third kappa shape index (κ3) is 7.55. The van der Waals surface area contributed by atoms with Crippen LogP contribution in [0.2, 0.25) is 0 Å². The third-order valence-corrected chi connectivity index (χ3v) is 6.82. The van der Waals surface area contributed by atoms with Crippen molar-refractivity contribution >= 4 is 5.91 Å². The first-order valence-electron chi connectivity index (χ1n) is 13.3. The molecule has 0 aliphatic carbocycles. The monoisotopic (exact) mass is 540 g/mol. The van der Waals surface area contributed by atoms with Gasteiger partial charge in [0.05, 0.1) is 20.8 Å². The van der Waals surface area contributed by atoms with Crippen LogP contribution in [0.15, 0.2) is 97.1 Å². The van der Waals surface area contributed by atoms with Gasteiger partial charge in [0.15, 0.2) is 23.0 Å². The van der Waals surface area contributed by atoms with E-state index < -0.39 is 5.91 Å². The van der Waals surface area contributed by atoms with Gasteiger partial charge >= 0.3 is 0 Å². The van der Waals surface area contributed by atoms with Gasteiger partial charge in [-0.15, -0.1) is 0 Å². The average Bonchev–Trinajstić information content (AvgIpc) is 2.98. The summed E-state index contributed by atoms with van der Waals surface area (Å²) >= 11 is 0. The second-order valence-corrected chi connectivity index (χ2v) is 9.55. The number of nitrogens with two attached hydrogens (primary N) is 1. The van der Waals surface area contributed by atoms with Gasteiger partial charge in [0.25, 0.3) is 0 Å². The van der Waals surface area contributed by atoms with Crippen molar-refractivity contribution in [3.05, 3.63) is 119 Å². The molecule has 7 nitrogen and oxygen atoms in total. The van der Waals surface area contributed by atoms with Crippen molar-refractivity contribution in [3.63, 3.8) is 0 Å². The van der Waals surface area contributed by atoms with Gasteiger partial charge < -0.3 is 25.1 Å². The van der Waals surface area contributed by atoms with E-state index >= 15 is 0 Å². The Labute approximate surface area is 235 Å². The van der Waals surface area contributed by atoms with Gasteiger partial charge in [0.1, 0.15) is 0 Å². The maximum atomic E-state index is 11.6. The Balaban J connectivity index is 1.53. The van der Waals surface area contributed by atoms with E-state index in [1.807, 2.05) is 18.2 Å². The van der Waals surface area contributed by atoms with E-state index in [1.165, 1.54) is 11.1 Å². The second-order valence-electron chi connectivity index (χ2n) is 9.55. The molecule has 4 aromatic carbocycles. The van der Waals surface area contributed by atoms with Gasteiger partial charge in [-0.2, -0.15) is 0 Å². The van der Waals surface area contributed by atoms with E-state index in [4.69, 9.17) is 19.9 Å². The van der Waals surface area contributed by atoms with Gasteiger partial charge in [-0.25, -0.2) is 0 Å². The lowest BCUT2D eigenvalue weighted by Crippen LogP contribution is -2.30. The molecule has 0 bridgehead atoms. The van der Waals surface area contributed by atoms with Crippen molar-refractivity contribution in [2.75, 3.05) is 33.9 Å². The lowest BCUT2D eigenvalue weighted by atomic mass is 9.90. The lowest BCUT2D eigenvalue weighted by molar-refractivity contribution is 0.0999. The van der Waals surface area contributed by atoms with Crippen molar-refractivity contribution in [2.24, 2.45) is 5.73 Å². The van der Waals surface area contributed by atoms with Crippen LogP contribution in [-0.4, -0.2) is 49.8 Å². The fourth-order valence-corrected chi connectivity index (χ4v) is 4.77. The minimum Gasteiger partial charge on any atom is -0.504 e. The van der Waals surface area contributed by atoms with Gasteiger partial charge in [-0.1, -0.05) is 66.7 Å². The van der Waals surface area contributed by atoms with Gasteiger partial charge in [0.2, 0.25) is 5.91 Å². The Morgan fingerprint density at radius 2 is 1.45 bits per heavy atom. The molecule has 7 heteroatoms. The van der Waals surface area contributed by atoms with E-state index in [1.54, 1.807) is 44.6 Å². The van der Waals surface area contributed by atoms with Crippen molar-refractivity contribution in [1.29, 1.82) is 0 Å². The molecule has 0 aliphatic heterocycles. The fourth-order valence-electron chi connectivity index (χ4n) is 4.77. The van der Waals surface area contributed by atoms with Crippen LogP contribution in [0.5, 0.6) is 23.0 Å². The van der Waals surface area contributed by atoms with E-state index in [2.05, 4.69) is 53.4 Å². The summed E-state index contributed by atoms with van der Waals surface area (Å²) in [6.45, 7) is 2.56. The minimum absolute atomic E-state index is 0.118. The number of methoxy groups -OCH3 is 2. The van der Waals surface area contributed by atoms with Crippen molar-refractivity contribution in [3.8, 4) is 23.0 Å². The molecule has 1 amide bonds. The van der Waals surface area contributed by atoms with Gasteiger partial charge in [-0.05, 0) is 53.4 Å². The number of carbonyl (C=O) groups is 1. The van der Waals surface area contributed by atoms with E-state index in [-0.39, 0.29) is 11.7 Å². The summed E-state index contributed by atoms with van der Waals surface area (Å²) in [5, 5.41) is 10.4. The first-order valence-corrected chi connectivity index (χ1v) is 13.3. The van der Waals surface area contributed by atoms with Crippen molar-refractivity contribution in [2.45, 2.75) is 18.9 Å². The zero-order valence-electron chi connectivity index (χ0n) is 23.0. The SMILES string of the molecule is COc1ccc(CN(CCCOc2cc(C(N)=O)ccc2OC)CC(c2ccccc2)c2ccccc2)cc1O. The highest BCUT2D eigenvalue weighted by atomic mass is 16.5. The van der Waals surface area contributed by atoms with Crippen LogP contribution >= 0.6 is 0 Å². The quantitative estimate of drug-likeness (QED) is 0.202. The molecule has 0 unspecified atom stereocenters. The highest BCUT2D eigenvalue weighted by Gasteiger charge is 2.19. The third-order valence-electron chi connectivity index (χ3n) is 6.82. The summed E-state index contributed by atoms with van der Waals surface area (Å²) in [4.78, 5) is 14.0. The fraction of sp³-hybridized carbons (Fsp3) is 0.242. The smallest absolute Gasteiger partial charge is 0.248 e. The molecule has 4 rings (SSSR count). The Morgan fingerprint density at radius 3 is 2.02 bits per heavy atom. The Kier molecular flexibility index (Phi) is 10.0. The molecule has 0 saturated carbocycles. The molecule has 0 radical (unpaired) electrons. The largest absolute Gasteiger partial charge is 0.504 e. The predicted molar refractivity (Wildman–Crippen MR) is 156 cm³/mol. The zero-order chi connectivity index (χ0) is 28.3. The minimum atomic E-state index is -0.519. The lowest BCUT2D eigenvalue weighted by Gasteiger charge is -2.29. The summed E-state index contributed by atoms with van der Waals surface area (Å²) in [7, 11) is 3.10. The number of carbonyl (C=O) groups excluding carboxylic acids is 1. The van der Waals surface area contributed by atoms with Crippen LogP contribution < -0.4 is 19.9 Å². The van der Waals surface area contributed by atoms with E-state index in [0.717, 1.165) is 25.1 Å². The van der Waals surface area contributed by atoms with Crippen LogP contribution in [0.3, 0.4) is 0 Å². The predicted octanol–water partition coefficient (Wildman–Crippen LogP) is 5.61. The maximum absolute atomic E-state index is 11.6. The Morgan fingerprint density at radius 1 is 0.825 bits per heavy atom. The number of amides is 1. The topological polar surface area (TPSA) is 94.2 Å². The van der Waals surface area contributed by atoms with E-state index in [0.29, 0.717) is 36.0 Å². The zero-order valence-corrected chi connectivity index (χ0v) is 23.0. The van der Waals surface area contributed by atoms with Crippen LogP contribution in [0.4, 0.5) is 0 Å². The number of benzene rings is 4. The molecule has 0 spiro atoms. The highest BCUT2D eigenvalue weighted by Crippen LogP contribution is 2.30. The number of phenolic OH excluding ortho intramolecular Hbond substituents is 1. The van der Waals surface area contributed by atoms with Gasteiger partial charge in [-0.3, -0.25) is 9.69 Å². The summed E-state index contributed by atoms with van der Waals surface area (Å²) < 4.78 is 16.7. The molecule has 0 aromatic heterocycles. The molecule has 0 fully saturated rings. The summed E-state index contributed by atoms with van der Waals surface area (Å²) in [5.41, 5.74) is 9.27. The number of phenols is 1. The summed E-state index contributed by atoms with van der Waals surface area (Å²) in [6, 6.07) is 31.4. The molecular formula is C33H36N2O5. The second kappa shape index (κ2) is 14.1. The molecule has 0 aliphatic rings. The summed E-state index contributed by atoms with van der Waals surface area (Å²) in [6.07, 6.45) is 0.725. The number of hydrogen-bond acceptors (Lipinski definition) is 6. The molecule has 0 heterocycles. The normalized spacial score (nSPS) is 11.0. The number of primary amides is 1. The first-order chi connectivity index (χ1) is 19.5. The molecule has 40 heavy (non-hydrogen) atoms. The number of ether oxygens (including phenoxy) is 3. The number of hydrogen-bond donors (Lipinski definition) is 2. The Hall–Kier alpha value is -4.49. The van der Waals surface area contributed by atoms with Crippen molar-refractivity contribution in [1.82, 2.24) is 4.90 Å². The van der Waals surface area contributed by atoms with Crippen molar-refractivity contribution < 1.29 is 24.1 Å². The van der Waals surface area contributed by atoms with E-state index in [9.17, 15) is 9.90 Å². The average molecular weight is 541 g/mol. The standard InChI is InChI=1S/C33H36N2O5/c1-38-30-16-14-24(20-29(30)36)22-35(18-9-19-40-32-21-27(33(34)37)15-17-31(32)39-2)23-28(25-10-5-3-6-11-25)26-12-7-4-8-13-26/h3-8,10-17,20-21,28,36H,9,18-19,22-23H2,1-2H3,(H2,34,37). The molecule has 3 N–H and O–H groups in total. The Bertz CT molecular complexity index is 1340. The highest BCUT2D eigenvalue weighted by molar-refractivity contribution is 5.93. The summed E-state index contributed by atoms with van der Waals surface area (Å²) in [5.74, 6) is 1.23. The first kappa shape index (κ1) is 28.5.